The van der Waals surface area contributed by atoms with Crippen LogP contribution in [0.2, 0.25) is 0 Å². The SMILES string of the molecule is ClCCN1CC=CC1. The van der Waals surface area contributed by atoms with Gasteiger partial charge in [-0.1, -0.05) is 12.2 Å². The number of rotatable bonds is 2. The summed E-state index contributed by atoms with van der Waals surface area (Å²) >= 11 is 5.51. The van der Waals surface area contributed by atoms with Gasteiger partial charge in [0.2, 0.25) is 0 Å². The highest BCUT2D eigenvalue weighted by Gasteiger charge is 2.02. The molecule has 0 saturated heterocycles. The molecule has 1 heterocycles. The molecule has 46 valence electrons. The van der Waals surface area contributed by atoms with Gasteiger partial charge < -0.3 is 0 Å². The number of hydrogen-bond acceptors (Lipinski definition) is 1. The standard InChI is InChI=1S/C6H10ClN/c7-3-6-8-4-1-2-5-8/h1-2H,3-6H2. The van der Waals surface area contributed by atoms with E-state index in [0.29, 0.717) is 0 Å². The van der Waals surface area contributed by atoms with Crippen LogP contribution >= 0.6 is 11.6 Å². The van der Waals surface area contributed by atoms with Crippen LogP contribution in [-0.4, -0.2) is 30.4 Å². The fraction of sp³-hybridized carbons (Fsp3) is 0.667. The molecule has 2 heteroatoms. The summed E-state index contributed by atoms with van der Waals surface area (Å²) in [6.07, 6.45) is 4.35. The molecule has 0 aliphatic carbocycles. The largest absolute Gasteiger partial charge is 0.295 e. The van der Waals surface area contributed by atoms with Gasteiger partial charge in [0, 0.05) is 25.5 Å². The molecule has 1 aliphatic heterocycles. The van der Waals surface area contributed by atoms with Gasteiger partial charge in [0.15, 0.2) is 0 Å². The van der Waals surface area contributed by atoms with Gasteiger partial charge >= 0.3 is 0 Å². The average molecular weight is 132 g/mol. The van der Waals surface area contributed by atoms with Gasteiger partial charge in [-0.15, -0.1) is 11.6 Å². The molecule has 1 aliphatic rings. The lowest BCUT2D eigenvalue weighted by atomic mass is 10.6. The van der Waals surface area contributed by atoms with Crippen LogP contribution in [0.25, 0.3) is 0 Å². The number of hydrogen-bond donors (Lipinski definition) is 0. The summed E-state index contributed by atoms with van der Waals surface area (Å²) in [4.78, 5) is 2.30. The number of alkyl halides is 1. The van der Waals surface area contributed by atoms with E-state index in [4.69, 9.17) is 11.6 Å². The van der Waals surface area contributed by atoms with E-state index in [1.54, 1.807) is 0 Å². The molecule has 0 aromatic heterocycles. The molecular formula is C6H10ClN. The molecule has 0 N–H and O–H groups in total. The van der Waals surface area contributed by atoms with Gasteiger partial charge in [-0.25, -0.2) is 0 Å². The van der Waals surface area contributed by atoms with E-state index < -0.39 is 0 Å². The van der Waals surface area contributed by atoms with Crippen molar-refractivity contribution in [3.05, 3.63) is 12.2 Å². The van der Waals surface area contributed by atoms with E-state index >= 15 is 0 Å². The van der Waals surface area contributed by atoms with Crippen molar-refractivity contribution in [3.63, 3.8) is 0 Å². The van der Waals surface area contributed by atoms with Crippen molar-refractivity contribution in [2.24, 2.45) is 0 Å². The minimum Gasteiger partial charge on any atom is -0.295 e. The van der Waals surface area contributed by atoms with Crippen molar-refractivity contribution in [1.29, 1.82) is 0 Å². The van der Waals surface area contributed by atoms with Crippen LogP contribution in [0.3, 0.4) is 0 Å². The maximum Gasteiger partial charge on any atom is 0.0351 e. The first-order valence-corrected chi connectivity index (χ1v) is 3.40. The normalized spacial score (nSPS) is 20.1. The van der Waals surface area contributed by atoms with E-state index in [1.807, 2.05) is 0 Å². The molecule has 0 bridgehead atoms. The molecule has 0 atom stereocenters. The van der Waals surface area contributed by atoms with Gasteiger partial charge in [0.1, 0.15) is 0 Å². The van der Waals surface area contributed by atoms with Gasteiger partial charge in [0.25, 0.3) is 0 Å². The fourth-order valence-corrected chi connectivity index (χ4v) is 1.06. The Bertz CT molecular complexity index is 82.5. The first kappa shape index (κ1) is 6.12. The molecule has 0 amide bonds. The molecule has 0 unspecified atom stereocenters. The Morgan fingerprint density at radius 3 is 2.50 bits per heavy atom. The van der Waals surface area contributed by atoms with Crippen LogP contribution in [0.5, 0.6) is 0 Å². The molecule has 0 spiro atoms. The molecule has 0 aromatic carbocycles. The molecule has 0 saturated carbocycles. The number of halogens is 1. The Balaban J connectivity index is 2.10. The van der Waals surface area contributed by atoms with Crippen molar-refractivity contribution in [1.82, 2.24) is 4.90 Å². The summed E-state index contributed by atoms with van der Waals surface area (Å²) < 4.78 is 0. The Labute approximate surface area is 54.9 Å². The van der Waals surface area contributed by atoms with E-state index in [9.17, 15) is 0 Å². The van der Waals surface area contributed by atoms with Crippen LogP contribution in [-0.2, 0) is 0 Å². The van der Waals surface area contributed by atoms with Gasteiger partial charge in [0.05, 0.1) is 0 Å². The van der Waals surface area contributed by atoms with E-state index in [-0.39, 0.29) is 0 Å². The highest BCUT2D eigenvalue weighted by atomic mass is 35.5. The summed E-state index contributed by atoms with van der Waals surface area (Å²) in [6.45, 7) is 3.20. The first-order chi connectivity index (χ1) is 3.93. The predicted molar refractivity (Wildman–Crippen MR) is 36.3 cm³/mol. The van der Waals surface area contributed by atoms with Crippen LogP contribution in [0.4, 0.5) is 0 Å². The topological polar surface area (TPSA) is 3.24 Å². The molecule has 0 fully saturated rings. The molecule has 0 aromatic rings. The second-order valence-corrected chi connectivity index (χ2v) is 2.30. The van der Waals surface area contributed by atoms with E-state index in [0.717, 1.165) is 25.5 Å². The summed E-state index contributed by atoms with van der Waals surface area (Å²) in [5, 5.41) is 0. The Kier molecular flexibility index (Phi) is 2.37. The van der Waals surface area contributed by atoms with Gasteiger partial charge in [-0.05, 0) is 0 Å². The lowest BCUT2D eigenvalue weighted by Gasteiger charge is -2.10. The molecule has 1 nitrogen and oxygen atoms in total. The van der Waals surface area contributed by atoms with Gasteiger partial charge in [-0.3, -0.25) is 4.90 Å². The third-order valence-corrected chi connectivity index (χ3v) is 1.46. The van der Waals surface area contributed by atoms with E-state index in [1.165, 1.54) is 0 Å². The monoisotopic (exact) mass is 131 g/mol. The lowest BCUT2D eigenvalue weighted by Crippen LogP contribution is -2.21. The van der Waals surface area contributed by atoms with Crippen LogP contribution in [0.15, 0.2) is 12.2 Å². The lowest BCUT2D eigenvalue weighted by molar-refractivity contribution is 0.376. The zero-order chi connectivity index (χ0) is 5.82. The predicted octanol–water partition coefficient (Wildman–Crippen LogP) is 1.10. The van der Waals surface area contributed by atoms with Crippen molar-refractivity contribution < 1.29 is 0 Å². The highest BCUT2D eigenvalue weighted by molar-refractivity contribution is 6.18. The molecule has 0 radical (unpaired) electrons. The van der Waals surface area contributed by atoms with Gasteiger partial charge in [-0.2, -0.15) is 0 Å². The van der Waals surface area contributed by atoms with Crippen molar-refractivity contribution >= 4 is 11.6 Å². The van der Waals surface area contributed by atoms with Crippen LogP contribution < -0.4 is 0 Å². The van der Waals surface area contributed by atoms with Crippen molar-refractivity contribution in [2.45, 2.75) is 0 Å². The Hall–Kier alpha value is -0.0100. The summed E-state index contributed by atoms with van der Waals surface area (Å²) in [5.74, 6) is 0.752. The van der Waals surface area contributed by atoms with E-state index in [2.05, 4.69) is 17.1 Å². The average Bonchev–Trinajstić information content (AvgIpc) is 2.19. The van der Waals surface area contributed by atoms with Crippen molar-refractivity contribution in [3.8, 4) is 0 Å². The second-order valence-electron chi connectivity index (χ2n) is 1.92. The minimum atomic E-state index is 0.752. The highest BCUT2D eigenvalue weighted by Crippen LogP contribution is 1.97. The maximum atomic E-state index is 5.51. The zero-order valence-electron chi connectivity index (χ0n) is 4.81. The van der Waals surface area contributed by atoms with Crippen LogP contribution in [0.1, 0.15) is 0 Å². The molecule has 1 rings (SSSR count). The fourth-order valence-electron chi connectivity index (χ4n) is 0.824. The summed E-state index contributed by atoms with van der Waals surface area (Å²) in [6, 6.07) is 0. The Morgan fingerprint density at radius 1 is 1.38 bits per heavy atom. The summed E-state index contributed by atoms with van der Waals surface area (Å²) in [5.41, 5.74) is 0. The third kappa shape index (κ3) is 1.49. The zero-order valence-corrected chi connectivity index (χ0v) is 5.56. The molecular weight excluding hydrogens is 122 g/mol. The molecule has 8 heavy (non-hydrogen) atoms. The summed E-state index contributed by atoms with van der Waals surface area (Å²) in [7, 11) is 0. The number of nitrogens with zero attached hydrogens (tertiary/aromatic N) is 1. The minimum absolute atomic E-state index is 0.752. The smallest absolute Gasteiger partial charge is 0.0351 e. The second kappa shape index (κ2) is 3.10. The Morgan fingerprint density at radius 2 is 2.00 bits per heavy atom. The van der Waals surface area contributed by atoms with Crippen LogP contribution in [0, 0.1) is 0 Å². The van der Waals surface area contributed by atoms with Crippen molar-refractivity contribution in [2.75, 3.05) is 25.5 Å². The maximum absolute atomic E-state index is 5.51. The first-order valence-electron chi connectivity index (χ1n) is 2.87. The quantitative estimate of drug-likeness (QED) is 0.401. The third-order valence-electron chi connectivity index (χ3n) is 1.29.